The number of anilines is 2. The molecule has 0 radical (unpaired) electrons. The third-order valence-electron chi connectivity index (χ3n) is 4.33. The number of halogens is 1. The largest absolute Gasteiger partial charge is 0.495 e. The van der Waals surface area contributed by atoms with Crippen molar-refractivity contribution in [3.63, 3.8) is 0 Å². The zero-order chi connectivity index (χ0) is 19.4. The second-order valence-electron chi connectivity index (χ2n) is 6.02. The van der Waals surface area contributed by atoms with Gasteiger partial charge in [0.1, 0.15) is 11.5 Å². The number of nitrogens with one attached hydrogen (secondary N) is 2. The quantitative estimate of drug-likeness (QED) is 0.760. The maximum atomic E-state index is 12.9. The molecule has 0 aliphatic carbocycles. The number of rotatable bonds is 6. The average molecular weight is 412 g/mol. The summed E-state index contributed by atoms with van der Waals surface area (Å²) < 4.78 is 39.0. The molecule has 27 heavy (non-hydrogen) atoms. The molecule has 2 aromatic carbocycles. The van der Waals surface area contributed by atoms with Crippen LogP contribution in [0.25, 0.3) is 0 Å². The highest BCUT2D eigenvalue weighted by Gasteiger charge is 2.21. The van der Waals surface area contributed by atoms with Crippen LogP contribution < -0.4 is 24.4 Å². The van der Waals surface area contributed by atoms with Gasteiger partial charge in [0.2, 0.25) is 0 Å². The van der Waals surface area contributed by atoms with Crippen LogP contribution in [0.4, 0.5) is 11.4 Å². The maximum absolute atomic E-state index is 12.9. The fourth-order valence-corrected chi connectivity index (χ4v) is 4.19. The molecule has 0 spiro atoms. The fraction of sp³-hybridized carbons (Fsp3) is 0.333. The Hall–Kier alpha value is -2.16. The first-order valence-electron chi connectivity index (χ1n) is 8.44. The third kappa shape index (κ3) is 4.40. The van der Waals surface area contributed by atoms with Gasteiger partial charge in [-0.2, -0.15) is 0 Å². The molecule has 1 aliphatic rings. The molecule has 0 atom stereocenters. The van der Waals surface area contributed by atoms with Crippen LogP contribution in [0, 0.1) is 0 Å². The van der Waals surface area contributed by atoms with E-state index in [0.29, 0.717) is 22.2 Å². The first-order chi connectivity index (χ1) is 12.9. The Morgan fingerprint density at radius 1 is 1.04 bits per heavy atom. The number of sulfonamides is 1. The predicted octanol–water partition coefficient (Wildman–Crippen LogP) is 2.57. The first-order valence-corrected chi connectivity index (χ1v) is 10.3. The van der Waals surface area contributed by atoms with Gasteiger partial charge in [0.25, 0.3) is 10.0 Å². The number of benzene rings is 2. The summed E-state index contributed by atoms with van der Waals surface area (Å²) >= 11 is 5.94. The van der Waals surface area contributed by atoms with Gasteiger partial charge in [-0.15, -0.1) is 0 Å². The molecule has 1 heterocycles. The van der Waals surface area contributed by atoms with Crippen LogP contribution in [0.2, 0.25) is 5.02 Å². The van der Waals surface area contributed by atoms with Crippen molar-refractivity contribution in [3.05, 3.63) is 41.4 Å². The average Bonchev–Trinajstić information content (AvgIpc) is 2.69. The van der Waals surface area contributed by atoms with E-state index >= 15 is 0 Å². The molecule has 9 heteroatoms. The monoisotopic (exact) mass is 411 g/mol. The lowest BCUT2D eigenvalue weighted by Gasteiger charge is -2.30. The van der Waals surface area contributed by atoms with Gasteiger partial charge in [-0.3, -0.25) is 4.72 Å². The summed E-state index contributed by atoms with van der Waals surface area (Å²) in [7, 11) is -0.783. The minimum absolute atomic E-state index is 0.147. The molecule has 0 saturated carbocycles. The lowest BCUT2D eigenvalue weighted by atomic mass is 10.2. The summed E-state index contributed by atoms with van der Waals surface area (Å²) in [6.45, 7) is 3.22. The van der Waals surface area contributed by atoms with Gasteiger partial charge in [-0.25, -0.2) is 8.42 Å². The van der Waals surface area contributed by atoms with Crippen molar-refractivity contribution in [2.45, 2.75) is 4.90 Å². The third-order valence-corrected chi connectivity index (χ3v) is 5.92. The minimum atomic E-state index is -3.82. The summed E-state index contributed by atoms with van der Waals surface area (Å²) in [5, 5.41) is 3.74. The second-order valence-corrected chi connectivity index (χ2v) is 8.14. The fourth-order valence-electron chi connectivity index (χ4n) is 2.94. The molecule has 0 amide bonds. The lowest BCUT2D eigenvalue weighted by molar-refractivity contribution is 0.412. The molecule has 7 nitrogen and oxygen atoms in total. The van der Waals surface area contributed by atoms with Crippen molar-refractivity contribution >= 4 is 33.0 Å². The SMILES string of the molecule is COc1cc(Cl)ccc1NS(=O)(=O)c1ccc(OC)c(N2CCNCC2)c1. The lowest BCUT2D eigenvalue weighted by Crippen LogP contribution is -2.43. The van der Waals surface area contributed by atoms with Crippen LogP contribution >= 0.6 is 11.6 Å². The van der Waals surface area contributed by atoms with E-state index in [9.17, 15) is 8.42 Å². The summed E-state index contributed by atoms with van der Waals surface area (Å²) in [6, 6.07) is 9.55. The van der Waals surface area contributed by atoms with Crippen LogP contribution in [-0.4, -0.2) is 48.8 Å². The van der Waals surface area contributed by atoms with E-state index in [0.717, 1.165) is 31.9 Å². The molecule has 0 aromatic heterocycles. The number of piperazine rings is 1. The smallest absolute Gasteiger partial charge is 0.262 e. The summed E-state index contributed by atoms with van der Waals surface area (Å²) in [6.07, 6.45) is 0. The van der Waals surface area contributed by atoms with E-state index in [2.05, 4.69) is 14.9 Å². The molecule has 3 rings (SSSR count). The number of ether oxygens (including phenoxy) is 2. The van der Waals surface area contributed by atoms with Gasteiger partial charge in [0.15, 0.2) is 0 Å². The number of methoxy groups -OCH3 is 2. The van der Waals surface area contributed by atoms with Gasteiger partial charge in [-0.05, 0) is 30.3 Å². The first kappa shape index (κ1) is 19.6. The molecule has 1 saturated heterocycles. The van der Waals surface area contributed by atoms with Crippen molar-refractivity contribution in [2.75, 3.05) is 50.0 Å². The highest BCUT2D eigenvalue weighted by atomic mass is 35.5. The van der Waals surface area contributed by atoms with Gasteiger partial charge in [0.05, 0.1) is 30.5 Å². The van der Waals surface area contributed by atoms with Gasteiger partial charge in [-0.1, -0.05) is 11.6 Å². The summed E-state index contributed by atoms with van der Waals surface area (Å²) in [5.41, 5.74) is 1.08. The zero-order valence-corrected chi connectivity index (χ0v) is 16.7. The van der Waals surface area contributed by atoms with Crippen LogP contribution in [-0.2, 0) is 10.0 Å². The zero-order valence-electron chi connectivity index (χ0n) is 15.2. The van der Waals surface area contributed by atoms with E-state index in [1.54, 1.807) is 37.4 Å². The van der Waals surface area contributed by atoms with E-state index in [1.807, 2.05) is 0 Å². The van der Waals surface area contributed by atoms with Crippen molar-refractivity contribution in [2.24, 2.45) is 0 Å². The van der Waals surface area contributed by atoms with Crippen molar-refractivity contribution in [1.82, 2.24) is 5.32 Å². The molecule has 0 unspecified atom stereocenters. The highest BCUT2D eigenvalue weighted by Crippen LogP contribution is 2.33. The van der Waals surface area contributed by atoms with E-state index in [1.165, 1.54) is 13.2 Å². The van der Waals surface area contributed by atoms with Crippen LogP contribution in [0.5, 0.6) is 11.5 Å². The van der Waals surface area contributed by atoms with Gasteiger partial charge >= 0.3 is 0 Å². The van der Waals surface area contributed by atoms with Crippen LogP contribution in [0.3, 0.4) is 0 Å². The molecule has 146 valence electrons. The molecule has 2 aromatic rings. The van der Waals surface area contributed by atoms with Crippen molar-refractivity contribution < 1.29 is 17.9 Å². The van der Waals surface area contributed by atoms with Crippen molar-refractivity contribution in [1.29, 1.82) is 0 Å². The maximum Gasteiger partial charge on any atom is 0.262 e. The van der Waals surface area contributed by atoms with E-state index in [4.69, 9.17) is 21.1 Å². The second kappa shape index (κ2) is 8.24. The van der Waals surface area contributed by atoms with Crippen LogP contribution in [0.1, 0.15) is 0 Å². The molecular weight excluding hydrogens is 390 g/mol. The molecular formula is C18H22ClN3O4S. The predicted molar refractivity (Wildman–Crippen MR) is 107 cm³/mol. The Labute approximate surface area is 164 Å². The Morgan fingerprint density at radius 3 is 2.41 bits per heavy atom. The molecule has 1 fully saturated rings. The normalized spacial score (nSPS) is 14.7. The standard InChI is InChI=1S/C18H22ClN3O4S/c1-25-17-6-4-14(12-16(17)22-9-7-20-8-10-22)27(23,24)21-15-5-3-13(19)11-18(15)26-2/h3-6,11-12,20-21H,7-10H2,1-2H3. The molecule has 2 N–H and O–H groups in total. The number of nitrogens with zero attached hydrogens (tertiary/aromatic N) is 1. The van der Waals surface area contributed by atoms with Crippen molar-refractivity contribution in [3.8, 4) is 11.5 Å². The van der Waals surface area contributed by atoms with E-state index < -0.39 is 10.0 Å². The highest BCUT2D eigenvalue weighted by molar-refractivity contribution is 7.92. The number of hydrogen-bond acceptors (Lipinski definition) is 6. The molecule has 0 bridgehead atoms. The topological polar surface area (TPSA) is 79.9 Å². The van der Waals surface area contributed by atoms with Gasteiger partial charge in [0, 0.05) is 37.3 Å². The Bertz CT molecular complexity index is 915. The Morgan fingerprint density at radius 2 is 1.74 bits per heavy atom. The minimum Gasteiger partial charge on any atom is -0.495 e. The summed E-state index contributed by atoms with van der Waals surface area (Å²) in [4.78, 5) is 2.26. The van der Waals surface area contributed by atoms with Gasteiger partial charge < -0.3 is 19.7 Å². The van der Waals surface area contributed by atoms with E-state index in [-0.39, 0.29) is 4.90 Å². The molecule has 1 aliphatic heterocycles. The Balaban J connectivity index is 1.94. The number of hydrogen-bond donors (Lipinski definition) is 2. The summed E-state index contributed by atoms with van der Waals surface area (Å²) in [5.74, 6) is 0.988. The van der Waals surface area contributed by atoms with Crippen LogP contribution in [0.15, 0.2) is 41.3 Å². The Kier molecular flexibility index (Phi) is 5.98.